The van der Waals surface area contributed by atoms with Crippen LogP contribution in [0.5, 0.6) is 0 Å². The van der Waals surface area contributed by atoms with E-state index >= 15 is 0 Å². The van der Waals surface area contributed by atoms with Gasteiger partial charge in [-0.25, -0.2) is 0 Å². The van der Waals surface area contributed by atoms with Crippen LogP contribution >= 0.6 is 0 Å². The summed E-state index contributed by atoms with van der Waals surface area (Å²) in [6.07, 6.45) is 7.00. The van der Waals surface area contributed by atoms with Crippen LogP contribution in [0.15, 0.2) is 12.2 Å². The molecule has 0 aromatic rings. The lowest BCUT2D eigenvalue weighted by Gasteiger charge is -2.33. The molecule has 0 aliphatic heterocycles. The number of ether oxygens (including phenoxy) is 1. The molecule has 0 aliphatic carbocycles. The minimum absolute atomic E-state index is 0.0956. The maximum Gasteiger partial charge on any atom is 0.0710 e. The SMILES string of the molecule is CCCC(C)C(C)(C/C=C/CO)OC. The smallest absolute Gasteiger partial charge is 0.0710 e. The normalized spacial score (nSPS) is 18.4. The minimum atomic E-state index is -0.0956. The second-order valence-electron chi connectivity index (χ2n) is 4.06. The topological polar surface area (TPSA) is 29.5 Å². The van der Waals surface area contributed by atoms with E-state index in [1.807, 2.05) is 6.08 Å². The fourth-order valence-corrected chi connectivity index (χ4v) is 1.62. The van der Waals surface area contributed by atoms with Crippen LogP contribution in [0.3, 0.4) is 0 Å². The van der Waals surface area contributed by atoms with Gasteiger partial charge in [-0.2, -0.15) is 0 Å². The molecule has 84 valence electrons. The first-order valence-electron chi connectivity index (χ1n) is 5.41. The zero-order valence-corrected chi connectivity index (χ0v) is 9.92. The van der Waals surface area contributed by atoms with E-state index in [1.165, 1.54) is 12.8 Å². The summed E-state index contributed by atoms with van der Waals surface area (Å²) in [4.78, 5) is 0. The number of aliphatic hydroxyl groups is 1. The molecule has 2 heteroatoms. The Morgan fingerprint density at radius 3 is 2.50 bits per heavy atom. The van der Waals surface area contributed by atoms with Gasteiger partial charge >= 0.3 is 0 Å². The Morgan fingerprint density at radius 1 is 1.43 bits per heavy atom. The highest BCUT2D eigenvalue weighted by Gasteiger charge is 2.28. The highest BCUT2D eigenvalue weighted by molar-refractivity contribution is 4.92. The van der Waals surface area contributed by atoms with Gasteiger partial charge in [0.05, 0.1) is 12.2 Å². The van der Waals surface area contributed by atoms with Crippen LogP contribution < -0.4 is 0 Å². The minimum Gasteiger partial charge on any atom is -0.392 e. The molecule has 2 atom stereocenters. The Morgan fingerprint density at radius 2 is 2.07 bits per heavy atom. The van der Waals surface area contributed by atoms with Crippen molar-refractivity contribution in [1.29, 1.82) is 0 Å². The average Bonchev–Trinajstić information content (AvgIpc) is 2.18. The molecule has 0 aromatic carbocycles. The van der Waals surface area contributed by atoms with E-state index < -0.39 is 0 Å². The van der Waals surface area contributed by atoms with E-state index in [0.29, 0.717) is 5.92 Å². The fraction of sp³-hybridized carbons (Fsp3) is 0.833. The van der Waals surface area contributed by atoms with Crippen molar-refractivity contribution in [2.75, 3.05) is 13.7 Å². The number of rotatable bonds is 7. The Hall–Kier alpha value is -0.340. The Bertz CT molecular complexity index is 166. The molecule has 2 nitrogen and oxygen atoms in total. The predicted molar refractivity (Wildman–Crippen MR) is 60.3 cm³/mol. The summed E-state index contributed by atoms with van der Waals surface area (Å²) in [6, 6.07) is 0. The van der Waals surface area contributed by atoms with Crippen molar-refractivity contribution in [2.45, 2.75) is 45.6 Å². The van der Waals surface area contributed by atoms with Gasteiger partial charge in [-0.1, -0.05) is 32.4 Å². The molecule has 0 rings (SSSR count). The molecule has 0 heterocycles. The fourth-order valence-electron chi connectivity index (χ4n) is 1.62. The number of hydrogen-bond donors (Lipinski definition) is 1. The number of hydrogen-bond acceptors (Lipinski definition) is 2. The molecule has 0 amide bonds. The third-order valence-electron chi connectivity index (χ3n) is 3.03. The predicted octanol–water partition coefficient (Wildman–Crippen LogP) is 2.77. The van der Waals surface area contributed by atoms with Gasteiger partial charge < -0.3 is 9.84 Å². The molecule has 0 radical (unpaired) electrons. The van der Waals surface area contributed by atoms with Gasteiger partial charge in [0.25, 0.3) is 0 Å². The van der Waals surface area contributed by atoms with E-state index in [1.54, 1.807) is 13.2 Å². The van der Waals surface area contributed by atoms with E-state index in [2.05, 4.69) is 20.8 Å². The van der Waals surface area contributed by atoms with E-state index in [4.69, 9.17) is 9.84 Å². The van der Waals surface area contributed by atoms with Gasteiger partial charge in [0.1, 0.15) is 0 Å². The zero-order chi connectivity index (χ0) is 11.0. The molecule has 0 spiro atoms. The molecule has 1 N–H and O–H groups in total. The van der Waals surface area contributed by atoms with Crippen molar-refractivity contribution in [2.24, 2.45) is 5.92 Å². The highest BCUT2D eigenvalue weighted by atomic mass is 16.5. The van der Waals surface area contributed by atoms with Gasteiger partial charge in [-0.3, -0.25) is 0 Å². The number of methoxy groups -OCH3 is 1. The van der Waals surface area contributed by atoms with Crippen molar-refractivity contribution in [3.63, 3.8) is 0 Å². The van der Waals surface area contributed by atoms with Crippen molar-refractivity contribution in [3.8, 4) is 0 Å². The van der Waals surface area contributed by atoms with Gasteiger partial charge in [0.2, 0.25) is 0 Å². The van der Waals surface area contributed by atoms with Crippen LogP contribution in [-0.2, 0) is 4.74 Å². The average molecular weight is 200 g/mol. The van der Waals surface area contributed by atoms with Crippen molar-refractivity contribution in [1.82, 2.24) is 0 Å². The third-order valence-corrected chi connectivity index (χ3v) is 3.03. The first-order valence-corrected chi connectivity index (χ1v) is 5.41. The third kappa shape index (κ3) is 4.25. The highest BCUT2D eigenvalue weighted by Crippen LogP contribution is 2.28. The molecule has 0 fully saturated rings. The summed E-state index contributed by atoms with van der Waals surface area (Å²) in [5.41, 5.74) is -0.0956. The summed E-state index contributed by atoms with van der Waals surface area (Å²) in [5, 5.41) is 8.65. The lowest BCUT2D eigenvalue weighted by atomic mass is 9.84. The van der Waals surface area contributed by atoms with Gasteiger partial charge in [0, 0.05) is 7.11 Å². The summed E-state index contributed by atoms with van der Waals surface area (Å²) in [5.74, 6) is 0.542. The molecule has 0 saturated carbocycles. The molecule has 0 aliphatic rings. The summed E-state index contributed by atoms with van der Waals surface area (Å²) in [7, 11) is 1.76. The maximum absolute atomic E-state index is 8.65. The van der Waals surface area contributed by atoms with E-state index in [-0.39, 0.29) is 12.2 Å². The van der Waals surface area contributed by atoms with Gasteiger partial charge in [0.15, 0.2) is 0 Å². The van der Waals surface area contributed by atoms with Crippen LogP contribution in [-0.4, -0.2) is 24.4 Å². The monoisotopic (exact) mass is 200 g/mol. The standard InChI is InChI=1S/C12H24O2/c1-5-8-11(2)12(3,14-4)9-6-7-10-13/h6-7,11,13H,5,8-10H2,1-4H3/b7-6+. The second-order valence-corrected chi connectivity index (χ2v) is 4.06. The maximum atomic E-state index is 8.65. The second kappa shape index (κ2) is 7.02. The Balaban J connectivity index is 4.22. The molecule has 14 heavy (non-hydrogen) atoms. The van der Waals surface area contributed by atoms with Gasteiger partial charge in [-0.15, -0.1) is 0 Å². The first-order chi connectivity index (χ1) is 6.60. The number of aliphatic hydroxyl groups excluding tert-OH is 1. The quantitative estimate of drug-likeness (QED) is 0.640. The van der Waals surface area contributed by atoms with Gasteiger partial charge in [-0.05, 0) is 25.7 Å². The lowest BCUT2D eigenvalue weighted by Crippen LogP contribution is -2.34. The molecule has 0 aromatic heterocycles. The van der Waals surface area contributed by atoms with E-state index in [9.17, 15) is 0 Å². The van der Waals surface area contributed by atoms with Crippen molar-refractivity contribution in [3.05, 3.63) is 12.2 Å². The molecule has 0 saturated heterocycles. The van der Waals surface area contributed by atoms with Crippen LogP contribution in [0.2, 0.25) is 0 Å². The lowest BCUT2D eigenvalue weighted by molar-refractivity contribution is -0.0380. The zero-order valence-electron chi connectivity index (χ0n) is 9.92. The van der Waals surface area contributed by atoms with Crippen LogP contribution in [0.4, 0.5) is 0 Å². The van der Waals surface area contributed by atoms with Crippen LogP contribution in [0.1, 0.15) is 40.0 Å². The molecule has 0 bridgehead atoms. The van der Waals surface area contributed by atoms with Crippen molar-refractivity contribution >= 4 is 0 Å². The summed E-state index contributed by atoms with van der Waals surface area (Å²) < 4.78 is 5.57. The van der Waals surface area contributed by atoms with E-state index in [0.717, 1.165) is 6.42 Å². The summed E-state index contributed by atoms with van der Waals surface area (Å²) in [6.45, 7) is 6.66. The molecule has 2 unspecified atom stereocenters. The van der Waals surface area contributed by atoms with Crippen LogP contribution in [0, 0.1) is 5.92 Å². The first kappa shape index (κ1) is 13.7. The summed E-state index contributed by atoms with van der Waals surface area (Å²) >= 11 is 0. The van der Waals surface area contributed by atoms with Crippen LogP contribution in [0.25, 0.3) is 0 Å². The molecular formula is C12H24O2. The Kier molecular flexibility index (Phi) is 6.85. The Labute approximate surface area is 88.0 Å². The van der Waals surface area contributed by atoms with Crippen molar-refractivity contribution < 1.29 is 9.84 Å². The largest absolute Gasteiger partial charge is 0.392 e. The molecular weight excluding hydrogens is 176 g/mol.